The van der Waals surface area contributed by atoms with Gasteiger partial charge in [0.2, 0.25) is 0 Å². The molecule has 1 aromatic carbocycles. The molecule has 0 aliphatic heterocycles. The quantitative estimate of drug-likeness (QED) is 0.818. The van der Waals surface area contributed by atoms with Gasteiger partial charge >= 0.3 is 0 Å². The predicted molar refractivity (Wildman–Crippen MR) is 70.4 cm³/mol. The Kier molecular flexibility index (Phi) is 4.51. The van der Waals surface area contributed by atoms with E-state index in [2.05, 4.69) is 57.3 Å². The Morgan fingerprint density at radius 3 is 2.25 bits per heavy atom. The molecule has 0 aromatic heterocycles. The second-order valence-electron chi connectivity index (χ2n) is 5.71. The lowest BCUT2D eigenvalue weighted by Crippen LogP contribution is -2.33. The van der Waals surface area contributed by atoms with Crippen LogP contribution in [-0.4, -0.2) is 13.1 Å². The van der Waals surface area contributed by atoms with Gasteiger partial charge in [0.15, 0.2) is 0 Å². The van der Waals surface area contributed by atoms with Crippen molar-refractivity contribution in [3.05, 3.63) is 35.4 Å². The molecule has 0 aliphatic carbocycles. The summed E-state index contributed by atoms with van der Waals surface area (Å²) in [6, 6.07) is 8.53. The van der Waals surface area contributed by atoms with Crippen LogP contribution < -0.4 is 11.1 Å². The van der Waals surface area contributed by atoms with E-state index >= 15 is 0 Å². The van der Waals surface area contributed by atoms with Crippen molar-refractivity contribution < 1.29 is 0 Å². The Labute approximate surface area is 99.2 Å². The Morgan fingerprint density at radius 1 is 1.19 bits per heavy atom. The molecular weight excluding hydrogens is 196 g/mol. The Morgan fingerprint density at radius 2 is 1.75 bits per heavy atom. The number of benzene rings is 1. The van der Waals surface area contributed by atoms with E-state index in [1.54, 1.807) is 0 Å². The maximum atomic E-state index is 6.11. The molecule has 1 aromatic rings. The number of nitrogens with two attached hydrogens (primary N) is 1. The van der Waals surface area contributed by atoms with E-state index in [-0.39, 0.29) is 6.04 Å². The van der Waals surface area contributed by atoms with E-state index in [0.717, 1.165) is 13.1 Å². The molecule has 16 heavy (non-hydrogen) atoms. The molecule has 0 saturated carbocycles. The van der Waals surface area contributed by atoms with Crippen LogP contribution in [0.3, 0.4) is 0 Å². The Balaban J connectivity index is 2.41. The SMILES string of the molecule is Cc1ccc(C(N)CNCC(C)(C)C)cc1. The van der Waals surface area contributed by atoms with Crippen molar-refractivity contribution in [1.82, 2.24) is 5.32 Å². The molecule has 3 N–H and O–H groups in total. The van der Waals surface area contributed by atoms with Crippen molar-refractivity contribution in [1.29, 1.82) is 0 Å². The summed E-state index contributed by atoms with van der Waals surface area (Å²) in [6.45, 7) is 10.6. The van der Waals surface area contributed by atoms with E-state index in [9.17, 15) is 0 Å². The molecule has 0 saturated heterocycles. The number of hydrogen-bond acceptors (Lipinski definition) is 2. The summed E-state index contributed by atoms with van der Waals surface area (Å²) in [5.74, 6) is 0. The summed E-state index contributed by atoms with van der Waals surface area (Å²) in [6.07, 6.45) is 0. The number of hydrogen-bond donors (Lipinski definition) is 2. The van der Waals surface area contributed by atoms with Gasteiger partial charge in [-0.15, -0.1) is 0 Å². The molecule has 0 radical (unpaired) electrons. The number of aryl methyl sites for hydroxylation is 1. The lowest BCUT2D eigenvalue weighted by molar-refractivity contribution is 0.374. The van der Waals surface area contributed by atoms with Crippen LogP contribution in [0.4, 0.5) is 0 Å². The lowest BCUT2D eigenvalue weighted by atomic mass is 9.96. The summed E-state index contributed by atoms with van der Waals surface area (Å²) >= 11 is 0. The van der Waals surface area contributed by atoms with Crippen LogP contribution in [0.15, 0.2) is 24.3 Å². The highest BCUT2D eigenvalue weighted by Crippen LogP contribution is 2.13. The third-order valence-electron chi connectivity index (χ3n) is 2.53. The molecule has 90 valence electrons. The average Bonchev–Trinajstić information content (AvgIpc) is 2.16. The highest BCUT2D eigenvalue weighted by atomic mass is 14.9. The standard InChI is InChI=1S/C14H24N2/c1-11-5-7-12(8-6-11)13(15)9-16-10-14(2,3)4/h5-8,13,16H,9-10,15H2,1-4H3. The zero-order chi connectivity index (χ0) is 12.2. The molecule has 1 atom stereocenters. The topological polar surface area (TPSA) is 38.0 Å². The normalized spacial score (nSPS) is 13.8. The van der Waals surface area contributed by atoms with Crippen molar-refractivity contribution in [3.63, 3.8) is 0 Å². The van der Waals surface area contributed by atoms with Gasteiger partial charge in [0, 0.05) is 19.1 Å². The average molecular weight is 220 g/mol. The second kappa shape index (κ2) is 5.46. The Hall–Kier alpha value is -0.860. The zero-order valence-electron chi connectivity index (χ0n) is 10.9. The fourth-order valence-electron chi connectivity index (χ4n) is 1.53. The molecule has 1 unspecified atom stereocenters. The van der Waals surface area contributed by atoms with E-state index in [1.807, 2.05) is 0 Å². The van der Waals surface area contributed by atoms with Gasteiger partial charge in [0.05, 0.1) is 0 Å². The van der Waals surface area contributed by atoms with Crippen molar-refractivity contribution in [2.24, 2.45) is 11.1 Å². The van der Waals surface area contributed by atoms with Gasteiger partial charge in [-0.25, -0.2) is 0 Å². The second-order valence-corrected chi connectivity index (χ2v) is 5.71. The molecule has 0 fully saturated rings. The van der Waals surface area contributed by atoms with Crippen molar-refractivity contribution >= 4 is 0 Å². The molecule has 0 bridgehead atoms. The summed E-state index contributed by atoms with van der Waals surface area (Å²) in [5, 5.41) is 3.41. The van der Waals surface area contributed by atoms with Gasteiger partial charge in [-0.05, 0) is 17.9 Å². The lowest BCUT2D eigenvalue weighted by Gasteiger charge is -2.21. The maximum Gasteiger partial charge on any atom is 0.0421 e. The van der Waals surface area contributed by atoms with Gasteiger partial charge in [-0.1, -0.05) is 50.6 Å². The molecule has 1 rings (SSSR count). The summed E-state index contributed by atoms with van der Waals surface area (Å²) < 4.78 is 0. The fourth-order valence-corrected chi connectivity index (χ4v) is 1.53. The molecular formula is C14H24N2. The van der Waals surface area contributed by atoms with Crippen LogP contribution in [0.5, 0.6) is 0 Å². The number of nitrogens with one attached hydrogen (secondary N) is 1. The van der Waals surface area contributed by atoms with Gasteiger partial charge in [-0.3, -0.25) is 0 Å². The third kappa shape index (κ3) is 4.77. The largest absolute Gasteiger partial charge is 0.323 e. The van der Waals surface area contributed by atoms with Crippen LogP contribution in [0.2, 0.25) is 0 Å². The summed E-state index contributed by atoms with van der Waals surface area (Å²) in [5.41, 5.74) is 8.90. The molecule has 2 heteroatoms. The van der Waals surface area contributed by atoms with E-state index in [0.29, 0.717) is 5.41 Å². The van der Waals surface area contributed by atoms with Crippen LogP contribution in [0.25, 0.3) is 0 Å². The monoisotopic (exact) mass is 220 g/mol. The van der Waals surface area contributed by atoms with Crippen molar-refractivity contribution in [2.75, 3.05) is 13.1 Å². The first kappa shape index (κ1) is 13.2. The molecule has 0 aliphatic rings. The van der Waals surface area contributed by atoms with Gasteiger partial charge in [0.25, 0.3) is 0 Å². The van der Waals surface area contributed by atoms with Crippen LogP contribution in [-0.2, 0) is 0 Å². The van der Waals surface area contributed by atoms with Crippen LogP contribution >= 0.6 is 0 Å². The highest BCUT2D eigenvalue weighted by molar-refractivity contribution is 5.24. The highest BCUT2D eigenvalue weighted by Gasteiger charge is 2.11. The molecule has 0 heterocycles. The molecule has 0 spiro atoms. The first-order valence-corrected chi connectivity index (χ1v) is 5.91. The van der Waals surface area contributed by atoms with E-state index in [1.165, 1.54) is 11.1 Å². The van der Waals surface area contributed by atoms with Crippen LogP contribution in [0, 0.1) is 12.3 Å². The van der Waals surface area contributed by atoms with E-state index < -0.39 is 0 Å². The summed E-state index contributed by atoms with van der Waals surface area (Å²) in [4.78, 5) is 0. The maximum absolute atomic E-state index is 6.11. The van der Waals surface area contributed by atoms with Crippen LogP contribution in [0.1, 0.15) is 37.9 Å². The smallest absolute Gasteiger partial charge is 0.0421 e. The minimum absolute atomic E-state index is 0.0861. The van der Waals surface area contributed by atoms with Gasteiger partial charge in [-0.2, -0.15) is 0 Å². The fraction of sp³-hybridized carbons (Fsp3) is 0.571. The first-order valence-electron chi connectivity index (χ1n) is 5.91. The van der Waals surface area contributed by atoms with E-state index in [4.69, 9.17) is 5.73 Å². The summed E-state index contributed by atoms with van der Waals surface area (Å²) in [7, 11) is 0. The minimum Gasteiger partial charge on any atom is -0.323 e. The zero-order valence-corrected chi connectivity index (χ0v) is 10.9. The Bertz CT molecular complexity index is 309. The molecule has 2 nitrogen and oxygen atoms in total. The van der Waals surface area contributed by atoms with Crippen molar-refractivity contribution in [2.45, 2.75) is 33.7 Å². The predicted octanol–water partition coefficient (Wildman–Crippen LogP) is 2.63. The third-order valence-corrected chi connectivity index (χ3v) is 2.53. The van der Waals surface area contributed by atoms with Crippen molar-refractivity contribution in [3.8, 4) is 0 Å². The minimum atomic E-state index is 0.0861. The van der Waals surface area contributed by atoms with Gasteiger partial charge in [0.1, 0.15) is 0 Å². The van der Waals surface area contributed by atoms with Gasteiger partial charge < -0.3 is 11.1 Å². The molecule has 0 amide bonds. The number of rotatable bonds is 4. The first-order chi connectivity index (χ1) is 7.38.